The molecule has 25 heavy (non-hydrogen) atoms. The Morgan fingerprint density at radius 2 is 1.60 bits per heavy atom. The van der Waals surface area contributed by atoms with E-state index in [1.165, 1.54) is 0 Å². The van der Waals surface area contributed by atoms with Crippen molar-refractivity contribution in [2.75, 3.05) is 5.32 Å². The zero-order valence-corrected chi connectivity index (χ0v) is 13.5. The van der Waals surface area contributed by atoms with Crippen molar-refractivity contribution in [3.63, 3.8) is 0 Å². The van der Waals surface area contributed by atoms with Gasteiger partial charge in [-0.25, -0.2) is 9.97 Å². The molecular weight excluding hydrogens is 306 g/mol. The number of hydrogen-bond acceptors (Lipinski definition) is 3. The Balaban J connectivity index is 1.85. The predicted octanol–water partition coefficient (Wildman–Crippen LogP) is 5.02. The van der Waals surface area contributed by atoms with Crippen LogP contribution in [0.2, 0.25) is 0 Å². The molecule has 0 amide bonds. The van der Waals surface area contributed by atoms with Crippen LogP contribution in [0.15, 0.2) is 78.9 Å². The van der Waals surface area contributed by atoms with Crippen LogP contribution in [0.3, 0.4) is 0 Å². The highest BCUT2D eigenvalue weighted by Crippen LogP contribution is 2.27. The molecule has 118 valence electrons. The summed E-state index contributed by atoms with van der Waals surface area (Å²) in [6.07, 6.45) is 5.50. The van der Waals surface area contributed by atoms with Gasteiger partial charge in [0.15, 0.2) is 5.82 Å². The van der Waals surface area contributed by atoms with Gasteiger partial charge in [0.1, 0.15) is 5.82 Å². The minimum absolute atomic E-state index is 0.690. The molecule has 0 saturated heterocycles. The normalized spacial score (nSPS) is 10.4. The first-order valence-electron chi connectivity index (χ1n) is 7.99. The van der Waals surface area contributed by atoms with Crippen LogP contribution in [0.4, 0.5) is 11.5 Å². The van der Waals surface area contributed by atoms with Gasteiger partial charge in [0.25, 0.3) is 0 Å². The highest BCUT2D eigenvalue weighted by Gasteiger charge is 2.09. The second-order valence-electron chi connectivity index (χ2n) is 5.63. The van der Waals surface area contributed by atoms with Gasteiger partial charge < -0.3 is 5.32 Å². The summed E-state index contributed by atoms with van der Waals surface area (Å²) in [5, 5.41) is 4.35. The molecule has 0 atom stereocenters. The van der Waals surface area contributed by atoms with Crippen molar-refractivity contribution in [1.29, 1.82) is 0 Å². The van der Waals surface area contributed by atoms with Gasteiger partial charge in [-0.3, -0.25) is 0 Å². The first kappa shape index (κ1) is 14.9. The summed E-state index contributed by atoms with van der Waals surface area (Å²) in [6, 6.07) is 25.7. The standard InChI is InChI=1S/C22H15N3/c1-2-16-9-8-12-18(15-16)23-22-19-13-6-7-14-20(19)24-21(25-22)17-10-4-3-5-11-17/h1,3-15H,(H,23,24,25). The van der Waals surface area contributed by atoms with Crippen molar-refractivity contribution in [3.05, 3.63) is 84.4 Å². The molecule has 3 heteroatoms. The molecule has 3 aromatic carbocycles. The van der Waals surface area contributed by atoms with Crippen LogP contribution in [0.1, 0.15) is 5.56 Å². The molecule has 1 aromatic heterocycles. The van der Waals surface area contributed by atoms with Crippen LogP contribution < -0.4 is 5.32 Å². The molecule has 1 heterocycles. The van der Waals surface area contributed by atoms with E-state index in [0.717, 1.165) is 33.5 Å². The number of terminal acetylenes is 1. The monoisotopic (exact) mass is 321 g/mol. The molecule has 3 nitrogen and oxygen atoms in total. The van der Waals surface area contributed by atoms with E-state index >= 15 is 0 Å². The van der Waals surface area contributed by atoms with Gasteiger partial charge in [-0.2, -0.15) is 0 Å². The maximum Gasteiger partial charge on any atom is 0.162 e. The van der Waals surface area contributed by atoms with Gasteiger partial charge in [-0.15, -0.1) is 6.42 Å². The topological polar surface area (TPSA) is 37.8 Å². The van der Waals surface area contributed by atoms with Crippen molar-refractivity contribution in [1.82, 2.24) is 9.97 Å². The maximum absolute atomic E-state index is 5.50. The molecule has 0 bridgehead atoms. The van der Waals surface area contributed by atoms with Crippen molar-refractivity contribution in [3.8, 4) is 23.7 Å². The summed E-state index contributed by atoms with van der Waals surface area (Å²) in [5.41, 5.74) is 3.60. The molecule has 0 radical (unpaired) electrons. The summed E-state index contributed by atoms with van der Waals surface area (Å²) >= 11 is 0. The minimum atomic E-state index is 0.690. The first-order valence-corrected chi connectivity index (χ1v) is 7.99. The Labute approximate surface area is 146 Å². The summed E-state index contributed by atoms with van der Waals surface area (Å²) in [6.45, 7) is 0. The number of nitrogens with zero attached hydrogens (tertiary/aromatic N) is 2. The fourth-order valence-corrected chi connectivity index (χ4v) is 2.71. The number of benzene rings is 3. The molecule has 0 saturated carbocycles. The molecule has 0 unspecified atom stereocenters. The molecule has 0 fully saturated rings. The molecular formula is C22H15N3. The largest absolute Gasteiger partial charge is 0.340 e. The van der Waals surface area contributed by atoms with Gasteiger partial charge in [0.2, 0.25) is 0 Å². The third kappa shape index (κ3) is 3.06. The second-order valence-corrected chi connectivity index (χ2v) is 5.63. The van der Waals surface area contributed by atoms with Crippen molar-refractivity contribution < 1.29 is 0 Å². The van der Waals surface area contributed by atoms with E-state index in [1.807, 2.05) is 78.9 Å². The Morgan fingerprint density at radius 3 is 2.44 bits per heavy atom. The average Bonchev–Trinajstić information content (AvgIpc) is 2.69. The third-order valence-electron chi connectivity index (χ3n) is 3.93. The lowest BCUT2D eigenvalue weighted by atomic mass is 10.1. The lowest BCUT2D eigenvalue weighted by Gasteiger charge is -2.11. The van der Waals surface area contributed by atoms with Crippen LogP contribution in [0.25, 0.3) is 22.3 Å². The Kier molecular flexibility index (Phi) is 3.86. The number of fused-ring (bicyclic) bond motifs is 1. The number of anilines is 2. The minimum Gasteiger partial charge on any atom is -0.340 e. The smallest absolute Gasteiger partial charge is 0.162 e. The highest BCUT2D eigenvalue weighted by molar-refractivity contribution is 5.92. The number of rotatable bonds is 3. The first-order chi connectivity index (χ1) is 12.3. The van der Waals surface area contributed by atoms with Gasteiger partial charge in [0.05, 0.1) is 5.52 Å². The van der Waals surface area contributed by atoms with Crippen LogP contribution in [0.5, 0.6) is 0 Å². The van der Waals surface area contributed by atoms with Crippen LogP contribution >= 0.6 is 0 Å². The lowest BCUT2D eigenvalue weighted by molar-refractivity contribution is 1.22. The molecule has 0 aliphatic heterocycles. The van der Waals surface area contributed by atoms with Gasteiger partial charge >= 0.3 is 0 Å². The van der Waals surface area contributed by atoms with Gasteiger partial charge in [0, 0.05) is 22.2 Å². The van der Waals surface area contributed by atoms with Crippen molar-refractivity contribution in [2.24, 2.45) is 0 Å². The Morgan fingerprint density at radius 1 is 0.800 bits per heavy atom. The zero-order valence-electron chi connectivity index (χ0n) is 13.5. The molecule has 4 aromatic rings. The van der Waals surface area contributed by atoms with Crippen LogP contribution in [0, 0.1) is 12.3 Å². The summed E-state index contributed by atoms with van der Waals surface area (Å²) in [4.78, 5) is 9.45. The van der Waals surface area contributed by atoms with Gasteiger partial charge in [-0.1, -0.05) is 54.5 Å². The number of hydrogen-bond donors (Lipinski definition) is 1. The van der Waals surface area contributed by atoms with Crippen molar-refractivity contribution in [2.45, 2.75) is 0 Å². The van der Waals surface area contributed by atoms with E-state index < -0.39 is 0 Å². The van der Waals surface area contributed by atoms with E-state index in [9.17, 15) is 0 Å². The SMILES string of the molecule is C#Cc1cccc(Nc2nc(-c3ccccc3)nc3ccccc23)c1. The summed E-state index contributed by atoms with van der Waals surface area (Å²) in [7, 11) is 0. The van der Waals surface area contributed by atoms with Crippen molar-refractivity contribution >= 4 is 22.4 Å². The molecule has 4 rings (SSSR count). The number of aromatic nitrogens is 2. The summed E-state index contributed by atoms with van der Waals surface area (Å²) < 4.78 is 0. The van der Waals surface area contributed by atoms with E-state index in [4.69, 9.17) is 16.4 Å². The Hall–Kier alpha value is -3.64. The fraction of sp³-hybridized carbons (Fsp3) is 0. The second kappa shape index (κ2) is 6.46. The Bertz CT molecular complexity index is 1080. The van der Waals surface area contributed by atoms with E-state index in [-0.39, 0.29) is 0 Å². The van der Waals surface area contributed by atoms with Gasteiger partial charge in [-0.05, 0) is 30.3 Å². The van der Waals surface area contributed by atoms with E-state index in [1.54, 1.807) is 0 Å². The zero-order chi connectivity index (χ0) is 17.1. The quantitative estimate of drug-likeness (QED) is 0.538. The molecule has 0 aliphatic rings. The molecule has 0 spiro atoms. The molecule has 0 aliphatic carbocycles. The highest BCUT2D eigenvalue weighted by atomic mass is 15.0. The number of para-hydroxylation sites is 1. The van der Waals surface area contributed by atoms with E-state index in [0.29, 0.717) is 5.82 Å². The van der Waals surface area contributed by atoms with E-state index in [2.05, 4.69) is 11.2 Å². The third-order valence-corrected chi connectivity index (χ3v) is 3.93. The van der Waals surface area contributed by atoms with Crippen LogP contribution in [-0.4, -0.2) is 9.97 Å². The number of nitrogens with one attached hydrogen (secondary N) is 1. The van der Waals surface area contributed by atoms with Crippen LogP contribution in [-0.2, 0) is 0 Å². The maximum atomic E-state index is 5.50. The molecule has 1 N–H and O–H groups in total. The average molecular weight is 321 g/mol. The lowest BCUT2D eigenvalue weighted by Crippen LogP contribution is -1.99. The predicted molar refractivity (Wildman–Crippen MR) is 103 cm³/mol. The fourth-order valence-electron chi connectivity index (χ4n) is 2.71. The summed E-state index contributed by atoms with van der Waals surface area (Å²) in [5.74, 6) is 4.11.